The number of ether oxygens (including phenoxy) is 2. The summed E-state index contributed by atoms with van der Waals surface area (Å²) < 4.78 is 11.4. The third-order valence-electron chi connectivity index (χ3n) is 3.95. The fraction of sp³-hybridized carbons (Fsp3) is 0.647. The lowest BCUT2D eigenvalue weighted by atomic mass is 9.86. The maximum absolute atomic E-state index is 6.22. The van der Waals surface area contributed by atoms with Crippen molar-refractivity contribution in [1.29, 1.82) is 0 Å². The predicted molar refractivity (Wildman–Crippen MR) is 82.3 cm³/mol. The Morgan fingerprint density at radius 2 is 2.15 bits per heavy atom. The maximum Gasteiger partial charge on any atom is 0.123 e. The number of aryl methyl sites for hydroxylation is 1. The summed E-state index contributed by atoms with van der Waals surface area (Å²) in [6.07, 6.45) is 1.05. The second-order valence-corrected chi connectivity index (χ2v) is 6.85. The van der Waals surface area contributed by atoms with E-state index in [0.29, 0.717) is 12.5 Å². The highest BCUT2D eigenvalue weighted by Crippen LogP contribution is 2.32. The molecule has 3 heteroatoms. The minimum absolute atomic E-state index is 0.0471. The van der Waals surface area contributed by atoms with Crippen LogP contribution in [0.3, 0.4) is 0 Å². The molecule has 2 unspecified atom stereocenters. The highest BCUT2D eigenvalue weighted by Gasteiger charge is 2.24. The van der Waals surface area contributed by atoms with E-state index in [1.54, 1.807) is 0 Å². The SMILES string of the molecule is Cc1ccc(C(C)(C)C)c(OCC(N)C2CCOC2)c1. The first-order valence-corrected chi connectivity index (χ1v) is 7.45. The quantitative estimate of drug-likeness (QED) is 0.920. The van der Waals surface area contributed by atoms with E-state index in [9.17, 15) is 0 Å². The van der Waals surface area contributed by atoms with Crippen molar-refractivity contribution in [2.75, 3.05) is 19.8 Å². The Morgan fingerprint density at radius 3 is 2.75 bits per heavy atom. The lowest BCUT2D eigenvalue weighted by molar-refractivity contribution is 0.169. The van der Waals surface area contributed by atoms with E-state index in [1.807, 2.05) is 0 Å². The van der Waals surface area contributed by atoms with Crippen LogP contribution in [0, 0.1) is 12.8 Å². The van der Waals surface area contributed by atoms with Gasteiger partial charge in [-0.2, -0.15) is 0 Å². The molecule has 1 aliphatic heterocycles. The number of hydrogen-bond acceptors (Lipinski definition) is 3. The zero-order valence-corrected chi connectivity index (χ0v) is 13.1. The van der Waals surface area contributed by atoms with E-state index in [2.05, 4.69) is 45.9 Å². The molecule has 1 heterocycles. The van der Waals surface area contributed by atoms with Crippen LogP contribution in [0.4, 0.5) is 0 Å². The number of benzene rings is 1. The fourth-order valence-corrected chi connectivity index (χ4v) is 2.58. The van der Waals surface area contributed by atoms with Gasteiger partial charge in [0, 0.05) is 18.6 Å². The molecule has 1 aromatic carbocycles. The van der Waals surface area contributed by atoms with E-state index in [1.165, 1.54) is 11.1 Å². The topological polar surface area (TPSA) is 44.5 Å². The Balaban J connectivity index is 2.06. The number of hydrogen-bond donors (Lipinski definition) is 1. The first kappa shape index (κ1) is 15.3. The molecule has 1 aliphatic rings. The van der Waals surface area contributed by atoms with Crippen molar-refractivity contribution < 1.29 is 9.47 Å². The largest absolute Gasteiger partial charge is 0.492 e. The molecule has 3 nitrogen and oxygen atoms in total. The average Bonchev–Trinajstić information content (AvgIpc) is 2.88. The summed E-state index contributed by atoms with van der Waals surface area (Å²) in [6, 6.07) is 6.46. The van der Waals surface area contributed by atoms with Crippen LogP contribution in [0.1, 0.15) is 38.3 Å². The highest BCUT2D eigenvalue weighted by molar-refractivity contribution is 5.41. The van der Waals surface area contributed by atoms with Gasteiger partial charge < -0.3 is 15.2 Å². The van der Waals surface area contributed by atoms with Gasteiger partial charge in [-0.3, -0.25) is 0 Å². The zero-order chi connectivity index (χ0) is 14.8. The zero-order valence-electron chi connectivity index (χ0n) is 13.1. The van der Waals surface area contributed by atoms with Crippen LogP contribution in [-0.2, 0) is 10.2 Å². The van der Waals surface area contributed by atoms with Crippen LogP contribution < -0.4 is 10.5 Å². The summed E-state index contributed by atoms with van der Waals surface area (Å²) in [5.41, 5.74) is 8.74. The van der Waals surface area contributed by atoms with E-state index in [0.717, 1.165) is 25.4 Å². The summed E-state index contributed by atoms with van der Waals surface area (Å²) in [4.78, 5) is 0. The van der Waals surface area contributed by atoms with Crippen molar-refractivity contribution in [3.8, 4) is 5.75 Å². The van der Waals surface area contributed by atoms with Gasteiger partial charge in [0.15, 0.2) is 0 Å². The summed E-state index contributed by atoms with van der Waals surface area (Å²) in [7, 11) is 0. The molecular formula is C17H27NO2. The Labute approximate surface area is 122 Å². The first-order chi connectivity index (χ1) is 9.38. The van der Waals surface area contributed by atoms with Gasteiger partial charge in [-0.05, 0) is 36.0 Å². The second kappa shape index (κ2) is 6.15. The molecule has 1 fully saturated rings. The molecule has 1 aromatic rings. The molecule has 0 spiro atoms. The van der Waals surface area contributed by atoms with Crippen LogP contribution in [0.5, 0.6) is 5.75 Å². The van der Waals surface area contributed by atoms with Gasteiger partial charge in [0.25, 0.3) is 0 Å². The van der Waals surface area contributed by atoms with E-state index < -0.39 is 0 Å². The van der Waals surface area contributed by atoms with Crippen LogP contribution in [0.2, 0.25) is 0 Å². The molecule has 2 N–H and O–H groups in total. The van der Waals surface area contributed by atoms with Gasteiger partial charge in [0.2, 0.25) is 0 Å². The number of nitrogens with two attached hydrogens (primary N) is 1. The summed E-state index contributed by atoms with van der Waals surface area (Å²) in [5.74, 6) is 1.39. The Hall–Kier alpha value is -1.06. The van der Waals surface area contributed by atoms with Gasteiger partial charge in [0.05, 0.1) is 6.61 Å². The highest BCUT2D eigenvalue weighted by atomic mass is 16.5. The van der Waals surface area contributed by atoms with Crippen molar-refractivity contribution in [3.05, 3.63) is 29.3 Å². The summed E-state index contributed by atoms with van der Waals surface area (Å²) in [5, 5.41) is 0. The van der Waals surface area contributed by atoms with Crippen LogP contribution in [0.15, 0.2) is 18.2 Å². The van der Waals surface area contributed by atoms with E-state index in [-0.39, 0.29) is 11.5 Å². The Kier molecular flexibility index (Phi) is 4.71. The molecule has 0 bridgehead atoms. The van der Waals surface area contributed by atoms with Crippen molar-refractivity contribution in [2.45, 2.75) is 45.6 Å². The third kappa shape index (κ3) is 3.74. The molecule has 0 aromatic heterocycles. The van der Waals surface area contributed by atoms with E-state index in [4.69, 9.17) is 15.2 Å². The lowest BCUT2D eigenvalue weighted by Gasteiger charge is -2.25. The number of rotatable bonds is 4. The van der Waals surface area contributed by atoms with Crippen LogP contribution in [0.25, 0.3) is 0 Å². The molecule has 2 atom stereocenters. The molecule has 20 heavy (non-hydrogen) atoms. The first-order valence-electron chi connectivity index (χ1n) is 7.45. The molecule has 2 rings (SSSR count). The van der Waals surface area contributed by atoms with Crippen molar-refractivity contribution >= 4 is 0 Å². The van der Waals surface area contributed by atoms with Gasteiger partial charge >= 0.3 is 0 Å². The smallest absolute Gasteiger partial charge is 0.123 e. The molecule has 0 radical (unpaired) electrons. The molecule has 112 valence electrons. The predicted octanol–water partition coefficient (Wildman–Crippen LogP) is 3.04. The van der Waals surface area contributed by atoms with Gasteiger partial charge in [0.1, 0.15) is 12.4 Å². The van der Waals surface area contributed by atoms with Gasteiger partial charge in [-0.1, -0.05) is 32.9 Å². The molecule has 0 amide bonds. The minimum Gasteiger partial charge on any atom is -0.492 e. The average molecular weight is 277 g/mol. The van der Waals surface area contributed by atoms with Crippen LogP contribution in [-0.4, -0.2) is 25.9 Å². The molecule has 0 saturated carbocycles. The molecule has 0 aliphatic carbocycles. The summed E-state index contributed by atoms with van der Waals surface area (Å²) >= 11 is 0. The fourth-order valence-electron chi connectivity index (χ4n) is 2.58. The van der Waals surface area contributed by atoms with Crippen molar-refractivity contribution in [1.82, 2.24) is 0 Å². The monoisotopic (exact) mass is 277 g/mol. The van der Waals surface area contributed by atoms with Crippen molar-refractivity contribution in [2.24, 2.45) is 11.7 Å². The molecule has 1 saturated heterocycles. The van der Waals surface area contributed by atoms with Gasteiger partial charge in [-0.25, -0.2) is 0 Å². The standard InChI is InChI=1S/C17H27NO2/c1-12-5-6-14(17(2,3)4)16(9-12)20-11-15(18)13-7-8-19-10-13/h5-6,9,13,15H,7-8,10-11,18H2,1-4H3. The van der Waals surface area contributed by atoms with Gasteiger partial charge in [-0.15, -0.1) is 0 Å². The summed E-state index contributed by atoms with van der Waals surface area (Å²) in [6.45, 7) is 10.9. The van der Waals surface area contributed by atoms with E-state index >= 15 is 0 Å². The minimum atomic E-state index is 0.0471. The Morgan fingerprint density at radius 1 is 1.40 bits per heavy atom. The normalized spacial score (nSPS) is 20.9. The van der Waals surface area contributed by atoms with Crippen LogP contribution >= 0.6 is 0 Å². The lowest BCUT2D eigenvalue weighted by Crippen LogP contribution is -2.36. The Bertz CT molecular complexity index is 445. The second-order valence-electron chi connectivity index (χ2n) is 6.85. The van der Waals surface area contributed by atoms with Crippen molar-refractivity contribution in [3.63, 3.8) is 0 Å². The third-order valence-corrected chi connectivity index (χ3v) is 3.95. The molecular weight excluding hydrogens is 250 g/mol. The maximum atomic E-state index is 6.22.